The minimum Gasteiger partial charge on any atom is 0 e. The number of para-hydroxylation sites is 2. The fraction of sp³-hybridized carbons (Fsp3) is 0.267. The van der Waals surface area contributed by atoms with E-state index in [4.69, 9.17) is 26.6 Å². The van der Waals surface area contributed by atoms with Crippen molar-refractivity contribution < 1.29 is 69.1 Å². The Morgan fingerprint density at radius 2 is 1.32 bits per heavy atom. The Morgan fingerprint density at radius 3 is 2.03 bits per heavy atom. The number of aromatic nitrogens is 2. The van der Waals surface area contributed by atoms with Crippen LogP contribution in [0.15, 0.2) is 84.9 Å². The second kappa shape index (κ2) is 17.8. The molecule has 11 rings (SSSR count). The topological polar surface area (TPSA) is 198 Å². The Morgan fingerprint density at radius 1 is 0.714 bits per heavy atom. The van der Waals surface area contributed by atoms with Crippen molar-refractivity contribution in [1.82, 2.24) is 24.7 Å². The molecule has 2 N–H and O–H groups in total. The first-order valence-corrected chi connectivity index (χ1v) is 21.2. The number of rotatable bonds is 5. The summed E-state index contributed by atoms with van der Waals surface area (Å²) in [6, 6.07) is 25.6. The van der Waals surface area contributed by atoms with E-state index in [1.54, 1.807) is 37.2 Å². The maximum Gasteiger partial charge on any atom is 0 e. The number of hydrogen-bond acceptors (Lipinski definition) is 11. The van der Waals surface area contributed by atoms with Gasteiger partial charge in [0.15, 0.2) is 28.8 Å². The zero-order valence-electron chi connectivity index (χ0n) is 34.0. The Kier molecular flexibility index (Phi) is 12.2. The molecular weight excluding hydrogens is 916 g/mol. The van der Waals surface area contributed by atoms with Crippen molar-refractivity contribution >= 4 is 65.9 Å². The van der Waals surface area contributed by atoms with Gasteiger partial charge in [0, 0.05) is 84.5 Å². The Bertz CT molecular complexity index is 2870. The maximum absolute atomic E-state index is 13.4. The standard InChI is InChI=1S/C23H20N2O5.C22H19N3O4.O2Se.V/c1-25-11-15(26)8-14(23(25)28)9-17-16-4-2-3-5-18(16)24-21(17)22(27)13-6-7-19-20(10-13)30-12-29-19;1-24-10-19(26)25-16(22(24)27)9-14-13-4-2-3-5-15(13)23-20(14)21(25)12-6-7-17-18(8-12)29-11-28-17;1-3-2;/h2-7,10,14,24H,8-9,11-12H2,1H3;2-8,16,21,23H,9-11H2,1H3;;. The van der Waals surface area contributed by atoms with Crippen LogP contribution in [-0.2, 0) is 58.2 Å². The predicted octanol–water partition coefficient (Wildman–Crippen LogP) is 4.31. The van der Waals surface area contributed by atoms with Crippen molar-refractivity contribution in [3.63, 3.8) is 0 Å². The monoisotopic (exact) mass is 956 g/mol. The van der Waals surface area contributed by atoms with Gasteiger partial charge in [-0.15, -0.1) is 0 Å². The average molecular weight is 956 g/mol. The van der Waals surface area contributed by atoms with Crippen LogP contribution < -0.4 is 18.9 Å². The fourth-order valence-corrected chi connectivity index (χ4v) is 9.11. The number of H-pyrrole nitrogens is 2. The predicted molar refractivity (Wildman–Crippen MR) is 221 cm³/mol. The molecule has 321 valence electrons. The number of piperazine rings is 1. The van der Waals surface area contributed by atoms with Gasteiger partial charge in [0.1, 0.15) is 6.04 Å². The number of carbonyl (C=O) groups is 5. The molecule has 63 heavy (non-hydrogen) atoms. The molecule has 5 aliphatic rings. The van der Waals surface area contributed by atoms with Crippen LogP contribution in [0.5, 0.6) is 23.0 Å². The molecule has 4 aromatic carbocycles. The van der Waals surface area contributed by atoms with Crippen LogP contribution in [0.2, 0.25) is 0 Å². The number of benzene rings is 4. The van der Waals surface area contributed by atoms with Crippen molar-refractivity contribution in [2.45, 2.75) is 31.3 Å². The molecule has 2 fully saturated rings. The second-order valence-corrected chi connectivity index (χ2v) is 15.9. The summed E-state index contributed by atoms with van der Waals surface area (Å²) in [5.74, 6) is 1.73. The summed E-state index contributed by atoms with van der Waals surface area (Å²) >= 11 is -1.62. The van der Waals surface area contributed by atoms with E-state index < -0.39 is 26.8 Å². The van der Waals surface area contributed by atoms with Gasteiger partial charge in [0.2, 0.25) is 37.1 Å². The smallest absolute Gasteiger partial charge is 0 e. The molecule has 2 saturated heterocycles. The van der Waals surface area contributed by atoms with E-state index in [-0.39, 0.29) is 87.0 Å². The van der Waals surface area contributed by atoms with Gasteiger partial charge in [-0.05, 0) is 65.6 Å². The Labute approximate surface area is 377 Å². The average Bonchev–Trinajstić information content (AvgIpc) is 4.09. The molecule has 3 atom stereocenters. The minimum atomic E-state index is -1.62. The van der Waals surface area contributed by atoms with Crippen LogP contribution in [0.4, 0.5) is 0 Å². The van der Waals surface area contributed by atoms with E-state index in [1.165, 1.54) is 9.80 Å². The number of Topliss-reactive ketones (excluding diaryl/α,β-unsaturated/α-hetero) is 1. The van der Waals surface area contributed by atoms with E-state index in [0.29, 0.717) is 47.1 Å². The summed E-state index contributed by atoms with van der Waals surface area (Å²) in [4.78, 5) is 75.7. The van der Waals surface area contributed by atoms with Crippen LogP contribution in [0, 0.1) is 5.92 Å². The van der Waals surface area contributed by atoms with Gasteiger partial charge >= 0.3 is 22.5 Å². The number of nitrogens with zero attached hydrogens (tertiary/aromatic N) is 3. The maximum atomic E-state index is 13.4. The molecule has 0 aliphatic carbocycles. The summed E-state index contributed by atoms with van der Waals surface area (Å²) in [6.45, 7) is 0.559. The van der Waals surface area contributed by atoms with Crippen LogP contribution >= 0.6 is 0 Å². The number of hydrogen-bond donors (Lipinski definition) is 2. The molecule has 7 heterocycles. The number of piperidine rings is 1. The van der Waals surface area contributed by atoms with E-state index in [0.717, 1.165) is 44.2 Å². The molecule has 0 bridgehead atoms. The summed E-state index contributed by atoms with van der Waals surface area (Å²) in [5.41, 5.74) is 6.45. The van der Waals surface area contributed by atoms with Crippen molar-refractivity contribution in [2.75, 3.05) is 40.8 Å². The molecule has 3 unspecified atom stereocenters. The summed E-state index contributed by atoms with van der Waals surface area (Å²) < 4.78 is 38.6. The molecule has 5 aliphatic heterocycles. The number of ketones is 2. The molecule has 18 heteroatoms. The first kappa shape index (κ1) is 43.3. The number of likely N-dealkylation sites (N-methyl/N-ethyl adjacent to an activating group) is 2. The zero-order chi connectivity index (χ0) is 43.2. The van der Waals surface area contributed by atoms with Crippen molar-refractivity contribution in [1.29, 1.82) is 0 Å². The van der Waals surface area contributed by atoms with Gasteiger partial charge in [-0.1, -0.05) is 42.5 Å². The zero-order valence-corrected chi connectivity index (χ0v) is 37.1. The Balaban J connectivity index is 0.000000161. The molecular formula is C45H39N5O11SeV. The number of aromatic amines is 2. The third-order valence-electron chi connectivity index (χ3n) is 11.9. The number of carbonyl (C=O) groups excluding carboxylic acids is 5. The summed E-state index contributed by atoms with van der Waals surface area (Å²) in [7, 11) is 3.33. The van der Waals surface area contributed by atoms with Crippen LogP contribution in [0.3, 0.4) is 0 Å². The van der Waals surface area contributed by atoms with E-state index in [2.05, 4.69) is 16.0 Å². The van der Waals surface area contributed by atoms with Gasteiger partial charge in [-0.25, -0.2) is 0 Å². The molecule has 3 amide bonds. The van der Waals surface area contributed by atoms with Crippen LogP contribution in [-0.4, -0.2) is 116 Å². The molecule has 1 radical (unpaired) electrons. The number of likely N-dealkylation sites (tertiary alicyclic amines) is 1. The molecule has 6 aromatic rings. The van der Waals surface area contributed by atoms with Gasteiger partial charge < -0.3 is 43.6 Å². The van der Waals surface area contributed by atoms with Crippen molar-refractivity contribution in [3.8, 4) is 23.0 Å². The minimum absolute atomic E-state index is 0. The van der Waals surface area contributed by atoms with Crippen LogP contribution in [0.1, 0.15) is 50.9 Å². The first-order valence-electron chi connectivity index (χ1n) is 19.8. The van der Waals surface area contributed by atoms with E-state index in [1.807, 2.05) is 60.7 Å². The number of nitrogens with one attached hydrogen (secondary N) is 2. The van der Waals surface area contributed by atoms with Crippen molar-refractivity contribution in [2.24, 2.45) is 5.92 Å². The first-order chi connectivity index (χ1) is 30.0. The van der Waals surface area contributed by atoms with Gasteiger partial charge in [0.05, 0.1) is 24.8 Å². The second-order valence-electron chi connectivity index (χ2n) is 15.6. The van der Waals surface area contributed by atoms with E-state index in [9.17, 15) is 24.0 Å². The quantitative estimate of drug-likeness (QED) is 0.185. The molecule has 2 aromatic heterocycles. The number of fused-ring (bicyclic) bond motifs is 7. The van der Waals surface area contributed by atoms with E-state index >= 15 is 0 Å². The number of ether oxygens (including phenoxy) is 4. The SMILES string of the molecule is CN1CC(=O)CC(Cc2c(C(=O)c3ccc4c(c3)OCO4)[nH]c3ccccc23)C1=O.CN1CC(=O)N2C(Cc3c([nH]c4ccccc34)C2c2ccc3c(c2)OCO3)C1=O.O=[Se]=O.[V]. The third kappa shape index (κ3) is 7.97. The summed E-state index contributed by atoms with van der Waals surface area (Å²) in [6.07, 6.45) is 1.03. The number of amides is 3. The van der Waals surface area contributed by atoms with Crippen LogP contribution in [0.25, 0.3) is 21.8 Å². The Hall–Kier alpha value is -6.39. The molecule has 0 saturated carbocycles. The van der Waals surface area contributed by atoms with Gasteiger partial charge in [0.25, 0.3) is 0 Å². The molecule has 16 nitrogen and oxygen atoms in total. The molecule has 0 spiro atoms. The normalized spacial score (nSPS) is 19.4. The summed E-state index contributed by atoms with van der Waals surface area (Å²) in [5, 5.41) is 1.98. The fourth-order valence-electron chi connectivity index (χ4n) is 9.11. The largest absolute Gasteiger partial charge is 0 e. The van der Waals surface area contributed by atoms with Gasteiger partial charge in [-0.3, -0.25) is 24.0 Å². The third-order valence-corrected chi connectivity index (χ3v) is 11.9. The van der Waals surface area contributed by atoms with Crippen molar-refractivity contribution in [3.05, 3.63) is 119 Å². The van der Waals surface area contributed by atoms with Gasteiger partial charge in [-0.2, -0.15) is 0 Å².